The molecule has 4 rings (SSSR count). The second-order valence-corrected chi connectivity index (χ2v) is 6.76. The quantitative estimate of drug-likeness (QED) is 0.771. The van der Waals surface area contributed by atoms with Gasteiger partial charge in [0.1, 0.15) is 11.4 Å². The van der Waals surface area contributed by atoms with E-state index < -0.39 is 0 Å². The van der Waals surface area contributed by atoms with Crippen LogP contribution in [0.1, 0.15) is 23.4 Å². The standard InChI is InChI=1S/C21H23N3O2/c1-26-17-8-5-15(6-9-17)11-12-22-21(25)16-7-10-18-19(14-16)24-13-3-2-4-20(24)23-18/h2-6,8-9,13,16H,7,10-12,14H2,1H3,(H,22,25). The zero-order valence-electron chi connectivity index (χ0n) is 14.9. The molecule has 0 saturated carbocycles. The Labute approximate surface area is 153 Å². The van der Waals surface area contributed by atoms with E-state index in [0.717, 1.165) is 42.8 Å². The molecule has 0 spiro atoms. The van der Waals surface area contributed by atoms with Crippen LogP contribution in [0.3, 0.4) is 0 Å². The van der Waals surface area contributed by atoms with Crippen molar-refractivity contribution < 1.29 is 9.53 Å². The number of rotatable bonds is 5. The number of hydrogen-bond acceptors (Lipinski definition) is 3. The molecule has 5 nitrogen and oxygen atoms in total. The maximum absolute atomic E-state index is 12.6. The van der Waals surface area contributed by atoms with Crippen molar-refractivity contribution in [2.24, 2.45) is 5.92 Å². The molecule has 26 heavy (non-hydrogen) atoms. The Morgan fingerprint density at radius 3 is 2.92 bits per heavy atom. The molecule has 2 heterocycles. The topological polar surface area (TPSA) is 55.6 Å². The van der Waals surface area contributed by atoms with E-state index in [2.05, 4.69) is 14.7 Å². The smallest absolute Gasteiger partial charge is 0.223 e. The highest BCUT2D eigenvalue weighted by atomic mass is 16.5. The molecule has 1 aliphatic carbocycles. The Balaban J connectivity index is 1.35. The molecule has 1 N–H and O–H groups in total. The van der Waals surface area contributed by atoms with Gasteiger partial charge in [0.25, 0.3) is 0 Å². The fraction of sp³-hybridized carbons (Fsp3) is 0.333. The van der Waals surface area contributed by atoms with Gasteiger partial charge in [-0.3, -0.25) is 4.79 Å². The molecule has 0 fully saturated rings. The average Bonchev–Trinajstić information content (AvgIpc) is 3.06. The first-order valence-corrected chi connectivity index (χ1v) is 9.10. The van der Waals surface area contributed by atoms with E-state index in [0.29, 0.717) is 6.54 Å². The average molecular weight is 349 g/mol. The fourth-order valence-corrected chi connectivity index (χ4v) is 3.65. The van der Waals surface area contributed by atoms with Crippen molar-refractivity contribution in [2.45, 2.75) is 25.7 Å². The monoisotopic (exact) mass is 349 g/mol. The number of aryl methyl sites for hydroxylation is 1. The number of imidazole rings is 1. The van der Waals surface area contributed by atoms with Crippen LogP contribution in [-0.2, 0) is 24.1 Å². The second-order valence-electron chi connectivity index (χ2n) is 6.76. The minimum absolute atomic E-state index is 0.0264. The highest BCUT2D eigenvalue weighted by molar-refractivity contribution is 5.79. The molecule has 1 aliphatic rings. The molecule has 5 heteroatoms. The summed E-state index contributed by atoms with van der Waals surface area (Å²) >= 11 is 0. The van der Waals surface area contributed by atoms with Gasteiger partial charge in [0.05, 0.1) is 12.8 Å². The number of hydrogen-bond donors (Lipinski definition) is 1. The lowest BCUT2D eigenvalue weighted by molar-refractivity contribution is -0.125. The summed E-state index contributed by atoms with van der Waals surface area (Å²) in [5.41, 5.74) is 4.48. The van der Waals surface area contributed by atoms with Gasteiger partial charge >= 0.3 is 0 Å². The molecule has 1 aromatic carbocycles. The van der Waals surface area contributed by atoms with Gasteiger partial charge in [-0.25, -0.2) is 4.98 Å². The Kier molecular flexibility index (Phi) is 4.61. The van der Waals surface area contributed by atoms with Crippen LogP contribution in [0.2, 0.25) is 0 Å². The summed E-state index contributed by atoms with van der Waals surface area (Å²) in [5.74, 6) is 1.03. The summed E-state index contributed by atoms with van der Waals surface area (Å²) in [5, 5.41) is 3.10. The third-order valence-electron chi connectivity index (χ3n) is 5.12. The fourth-order valence-electron chi connectivity index (χ4n) is 3.65. The minimum Gasteiger partial charge on any atom is -0.497 e. The number of aromatic nitrogens is 2. The van der Waals surface area contributed by atoms with Crippen LogP contribution in [0.4, 0.5) is 0 Å². The first-order chi connectivity index (χ1) is 12.7. The van der Waals surface area contributed by atoms with E-state index >= 15 is 0 Å². The number of benzene rings is 1. The number of nitrogens with one attached hydrogen (secondary N) is 1. The Hall–Kier alpha value is -2.82. The van der Waals surface area contributed by atoms with Gasteiger partial charge in [0.2, 0.25) is 5.91 Å². The predicted octanol–water partition coefficient (Wildman–Crippen LogP) is 2.81. The number of amides is 1. The predicted molar refractivity (Wildman–Crippen MR) is 100 cm³/mol. The van der Waals surface area contributed by atoms with Gasteiger partial charge in [-0.05, 0) is 49.1 Å². The van der Waals surface area contributed by atoms with Crippen LogP contribution in [0.15, 0.2) is 48.7 Å². The Morgan fingerprint density at radius 1 is 1.27 bits per heavy atom. The number of carbonyl (C=O) groups is 1. The van der Waals surface area contributed by atoms with E-state index in [-0.39, 0.29) is 11.8 Å². The van der Waals surface area contributed by atoms with Gasteiger partial charge in [-0.2, -0.15) is 0 Å². The molecule has 3 aromatic rings. The number of fused-ring (bicyclic) bond motifs is 3. The Morgan fingerprint density at radius 2 is 2.12 bits per heavy atom. The largest absolute Gasteiger partial charge is 0.497 e. The summed E-state index contributed by atoms with van der Waals surface area (Å²) in [6.45, 7) is 0.654. The van der Waals surface area contributed by atoms with Gasteiger partial charge in [0.15, 0.2) is 0 Å². The van der Waals surface area contributed by atoms with Crippen LogP contribution in [-0.4, -0.2) is 28.9 Å². The number of methoxy groups -OCH3 is 1. The van der Waals surface area contributed by atoms with Crippen molar-refractivity contribution in [3.05, 3.63) is 65.6 Å². The molecule has 1 atom stereocenters. The molecular formula is C21H23N3O2. The third kappa shape index (κ3) is 3.29. The van der Waals surface area contributed by atoms with Gasteiger partial charge < -0.3 is 14.5 Å². The molecule has 2 aromatic heterocycles. The Bertz CT molecular complexity index is 915. The highest BCUT2D eigenvalue weighted by Gasteiger charge is 2.27. The summed E-state index contributed by atoms with van der Waals surface area (Å²) in [7, 11) is 1.66. The van der Waals surface area contributed by atoms with Crippen LogP contribution in [0, 0.1) is 5.92 Å². The molecule has 0 bridgehead atoms. The molecule has 134 valence electrons. The highest BCUT2D eigenvalue weighted by Crippen LogP contribution is 2.26. The van der Waals surface area contributed by atoms with Crippen LogP contribution in [0.25, 0.3) is 5.65 Å². The van der Waals surface area contributed by atoms with E-state index in [1.807, 2.05) is 48.7 Å². The first kappa shape index (κ1) is 16.6. The summed E-state index contributed by atoms with van der Waals surface area (Å²) < 4.78 is 7.28. The minimum atomic E-state index is 0.0264. The van der Waals surface area contributed by atoms with Crippen molar-refractivity contribution in [2.75, 3.05) is 13.7 Å². The normalized spacial score (nSPS) is 16.3. The number of ether oxygens (including phenoxy) is 1. The van der Waals surface area contributed by atoms with E-state index in [1.54, 1.807) is 7.11 Å². The lowest BCUT2D eigenvalue weighted by atomic mass is 9.89. The zero-order chi connectivity index (χ0) is 17.9. The van der Waals surface area contributed by atoms with Crippen molar-refractivity contribution in [1.29, 1.82) is 0 Å². The number of nitrogens with zero attached hydrogens (tertiary/aromatic N) is 2. The van der Waals surface area contributed by atoms with Crippen LogP contribution in [0.5, 0.6) is 5.75 Å². The van der Waals surface area contributed by atoms with Crippen molar-refractivity contribution in [3.8, 4) is 5.75 Å². The molecule has 1 amide bonds. The zero-order valence-corrected chi connectivity index (χ0v) is 14.9. The second kappa shape index (κ2) is 7.20. The van der Waals surface area contributed by atoms with Crippen LogP contribution >= 0.6 is 0 Å². The lowest BCUT2D eigenvalue weighted by Crippen LogP contribution is -2.35. The van der Waals surface area contributed by atoms with E-state index in [1.165, 1.54) is 11.3 Å². The summed E-state index contributed by atoms with van der Waals surface area (Å²) in [6, 6.07) is 14.0. The van der Waals surface area contributed by atoms with Crippen LogP contribution < -0.4 is 10.1 Å². The molecular weight excluding hydrogens is 326 g/mol. The first-order valence-electron chi connectivity index (χ1n) is 9.10. The van der Waals surface area contributed by atoms with Crippen molar-refractivity contribution >= 4 is 11.6 Å². The maximum Gasteiger partial charge on any atom is 0.223 e. The molecule has 0 aliphatic heterocycles. The number of pyridine rings is 1. The van der Waals surface area contributed by atoms with Crippen molar-refractivity contribution in [3.63, 3.8) is 0 Å². The molecule has 1 unspecified atom stereocenters. The maximum atomic E-state index is 12.6. The summed E-state index contributed by atoms with van der Waals surface area (Å²) in [6.07, 6.45) is 5.35. The molecule has 0 radical (unpaired) electrons. The van der Waals surface area contributed by atoms with Gasteiger partial charge in [-0.1, -0.05) is 18.2 Å². The van der Waals surface area contributed by atoms with Crippen molar-refractivity contribution in [1.82, 2.24) is 14.7 Å². The third-order valence-corrected chi connectivity index (χ3v) is 5.12. The van der Waals surface area contributed by atoms with Gasteiger partial charge in [-0.15, -0.1) is 0 Å². The van der Waals surface area contributed by atoms with Gasteiger partial charge in [0, 0.05) is 30.8 Å². The SMILES string of the molecule is COc1ccc(CCNC(=O)C2CCc3nc4ccccn4c3C2)cc1. The summed E-state index contributed by atoms with van der Waals surface area (Å²) in [4.78, 5) is 17.3. The lowest BCUT2D eigenvalue weighted by Gasteiger charge is -2.21. The molecule has 0 saturated heterocycles. The van der Waals surface area contributed by atoms with E-state index in [4.69, 9.17) is 4.74 Å². The van der Waals surface area contributed by atoms with E-state index in [9.17, 15) is 4.79 Å². The number of carbonyl (C=O) groups excluding carboxylic acids is 1.